The second-order valence-electron chi connectivity index (χ2n) is 5.58. The van der Waals surface area contributed by atoms with Gasteiger partial charge in [0.05, 0.1) is 5.69 Å². The van der Waals surface area contributed by atoms with Crippen LogP contribution in [0.5, 0.6) is 0 Å². The van der Waals surface area contributed by atoms with Crippen molar-refractivity contribution >= 4 is 11.6 Å². The lowest BCUT2D eigenvalue weighted by molar-refractivity contribution is -0.122. The van der Waals surface area contributed by atoms with Gasteiger partial charge < -0.3 is 4.90 Å². The van der Waals surface area contributed by atoms with Gasteiger partial charge in [0.25, 0.3) is 0 Å². The molecule has 2 rings (SSSR count). The van der Waals surface area contributed by atoms with Crippen molar-refractivity contribution in [2.24, 2.45) is 5.92 Å². The number of Topliss-reactive ketones (excluding diaryl/α,β-unsaturated/α-hetero) is 1. The summed E-state index contributed by atoms with van der Waals surface area (Å²) in [6, 6.07) is 4.07. The van der Waals surface area contributed by atoms with E-state index in [-0.39, 0.29) is 5.92 Å². The van der Waals surface area contributed by atoms with Gasteiger partial charge in [-0.05, 0) is 30.9 Å². The average Bonchev–Trinajstić information content (AvgIpc) is 2.46. The minimum Gasteiger partial charge on any atom is -0.354 e. The molecule has 0 amide bonds. The lowest BCUT2D eigenvalue weighted by atomic mass is 9.92. The molecule has 1 saturated heterocycles. The quantitative estimate of drug-likeness (QED) is 0.836. The number of carbonyl (C=O) groups excluding carboxylic acids is 1. The number of rotatable bonds is 4. The van der Waals surface area contributed by atoms with Gasteiger partial charge in [-0.3, -0.25) is 4.79 Å². The SMILES string of the molecule is CCC(=O)C1CCCN(c2ccc(C(C)C)nn2)C1. The van der Waals surface area contributed by atoms with E-state index in [0.717, 1.165) is 37.4 Å². The lowest BCUT2D eigenvalue weighted by Crippen LogP contribution is -2.39. The van der Waals surface area contributed by atoms with E-state index in [2.05, 4.69) is 28.9 Å². The standard InChI is InChI=1S/C15H23N3O/c1-4-14(19)12-6-5-9-18(10-12)15-8-7-13(11(2)3)16-17-15/h7-8,11-12H,4-6,9-10H2,1-3H3. The molecule has 1 aliphatic rings. The summed E-state index contributed by atoms with van der Waals surface area (Å²) in [5, 5.41) is 8.57. The fourth-order valence-corrected chi connectivity index (χ4v) is 2.55. The van der Waals surface area contributed by atoms with E-state index in [4.69, 9.17) is 0 Å². The fourth-order valence-electron chi connectivity index (χ4n) is 2.55. The normalized spacial score (nSPS) is 19.8. The van der Waals surface area contributed by atoms with Gasteiger partial charge in [-0.1, -0.05) is 20.8 Å². The first-order valence-electron chi connectivity index (χ1n) is 7.23. The Morgan fingerprint density at radius 1 is 1.42 bits per heavy atom. The molecule has 1 atom stereocenters. The predicted molar refractivity (Wildman–Crippen MR) is 76.4 cm³/mol. The zero-order valence-electron chi connectivity index (χ0n) is 12.1. The van der Waals surface area contributed by atoms with Gasteiger partial charge in [-0.2, -0.15) is 5.10 Å². The van der Waals surface area contributed by atoms with Crippen molar-refractivity contribution < 1.29 is 4.79 Å². The first-order chi connectivity index (χ1) is 9.11. The third-order valence-corrected chi connectivity index (χ3v) is 3.81. The summed E-state index contributed by atoms with van der Waals surface area (Å²) in [6.45, 7) is 7.94. The Bertz CT molecular complexity index is 428. The highest BCUT2D eigenvalue weighted by Gasteiger charge is 2.25. The molecule has 0 bridgehead atoms. The van der Waals surface area contributed by atoms with Crippen molar-refractivity contribution in [3.05, 3.63) is 17.8 Å². The van der Waals surface area contributed by atoms with Crippen LogP contribution in [0, 0.1) is 5.92 Å². The third-order valence-electron chi connectivity index (χ3n) is 3.81. The maximum atomic E-state index is 11.8. The number of piperidine rings is 1. The first kappa shape index (κ1) is 14.0. The van der Waals surface area contributed by atoms with Gasteiger partial charge in [0, 0.05) is 25.4 Å². The highest BCUT2D eigenvalue weighted by molar-refractivity contribution is 5.81. The third kappa shape index (κ3) is 3.31. The van der Waals surface area contributed by atoms with Crippen LogP contribution in [0.2, 0.25) is 0 Å². The Hall–Kier alpha value is -1.45. The summed E-state index contributed by atoms with van der Waals surface area (Å²) in [6.07, 6.45) is 2.71. The molecule has 0 N–H and O–H groups in total. The Kier molecular flexibility index (Phi) is 4.51. The molecule has 0 saturated carbocycles. The topological polar surface area (TPSA) is 46.1 Å². The van der Waals surface area contributed by atoms with Gasteiger partial charge in [-0.25, -0.2) is 0 Å². The van der Waals surface area contributed by atoms with Crippen molar-refractivity contribution in [3.8, 4) is 0 Å². The summed E-state index contributed by atoms with van der Waals surface area (Å²) in [5.41, 5.74) is 1.02. The monoisotopic (exact) mass is 261 g/mol. The molecular weight excluding hydrogens is 238 g/mol. The van der Waals surface area contributed by atoms with Crippen LogP contribution in [-0.4, -0.2) is 29.1 Å². The number of hydrogen-bond acceptors (Lipinski definition) is 4. The van der Waals surface area contributed by atoms with Gasteiger partial charge in [0.1, 0.15) is 5.78 Å². The molecule has 2 heterocycles. The molecule has 1 aromatic rings. The second kappa shape index (κ2) is 6.13. The van der Waals surface area contributed by atoms with Crippen LogP contribution in [0.4, 0.5) is 5.82 Å². The number of anilines is 1. The van der Waals surface area contributed by atoms with Gasteiger partial charge >= 0.3 is 0 Å². The molecule has 0 aliphatic carbocycles. The lowest BCUT2D eigenvalue weighted by Gasteiger charge is -2.32. The van der Waals surface area contributed by atoms with Gasteiger partial charge in [0.15, 0.2) is 5.82 Å². The summed E-state index contributed by atoms with van der Waals surface area (Å²) >= 11 is 0. The zero-order chi connectivity index (χ0) is 13.8. The van der Waals surface area contributed by atoms with E-state index in [0.29, 0.717) is 18.1 Å². The number of hydrogen-bond donors (Lipinski definition) is 0. The molecule has 0 aromatic carbocycles. The minimum absolute atomic E-state index is 0.172. The van der Waals surface area contributed by atoms with Crippen LogP contribution in [0.3, 0.4) is 0 Å². The number of aromatic nitrogens is 2. The molecule has 4 nitrogen and oxygen atoms in total. The smallest absolute Gasteiger partial charge is 0.151 e. The van der Waals surface area contributed by atoms with E-state index in [1.54, 1.807) is 0 Å². The predicted octanol–water partition coefficient (Wildman–Crippen LogP) is 2.80. The molecule has 19 heavy (non-hydrogen) atoms. The van der Waals surface area contributed by atoms with E-state index in [9.17, 15) is 4.79 Å². The first-order valence-corrected chi connectivity index (χ1v) is 7.23. The molecule has 1 aliphatic heterocycles. The number of nitrogens with zero attached hydrogens (tertiary/aromatic N) is 3. The molecule has 4 heteroatoms. The van der Waals surface area contributed by atoms with Crippen LogP contribution >= 0.6 is 0 Å². The molecule has 104 valence electrons. The Morgan fingerprint density at radius 2 is 2.21 bits per heavy atom. The largest absolute Gasteiger partial charge is 0.354 e. The number of carbonyl (C=O) groups is 1. The van der Waals surface area contributed by atoms with Crippen molar-refractivity contribution in [1.82, 2.24) is 10.2 Å². The fraction of sp³-hybridized carbons (Fsp3) is 0.667. The molecule has 1 aromatic heterocycles. The minimum atomic E-state index is 0.172. The van der Waals surface area contributed by atoms with Crippen molar-refractivity contribution in [1.29, 1.82) is 0 Å². The van der Waals surface area contributed by atoms with Crippen LogP contribution < -0.4 is 4.90 Å². The molecule has 1 fully saturated rings. The Morgan fingerprint density at radius 3 is 2.79 bits per heavy atom. The van der Waals surface area contributed by atoms with E-state index in [1.807, 2.05) is 19.1 Å². The Balaban J connectivity index is 2.06. The van der Waals surface area contributed by atoms with Crippen LogP contribution in [-0.2, 0) is 4.79 Å². The summed E-state index contributed by atoms with van der Waals surface area (Å²) in [7, 11) is 0. The summed E-state index contributed by atoms with van der Waals surface area (Å²) in [4.78, 5) is 14.0. The highest BCUT2D eigenvalue weighted by Crippen LogP contribution is 2.23. The van der Waals surface area contributed by atoms with Gasteiger partial charge in [-0.15, -0.1) is 5.10 Å². The van der Waals surface area contributed by atoms with Crippen LogP contribution in [0.25, 0.3) is 0 Å². The molecular formula is C15H23N3O. The van der Waals surface area contributed by atoms with Crippen LogP contribution in [0.1, 0.15) is 51.6 Å². The van der Waals surface area contributed by atoms with E-state index < -0.39 is 0 Å². The van der Waals surface area contributed by atoms with Crippen molar-refractivity contribution in [3.63, 3.8) is 0 Å². The summed E-state index contributed by atoms with van der Waals surface area (Å²) in [5.74, 6) is 1.84. The van der Waals surface area contributed by atoms with Crippen molar-refractivity contribution in [2.75, 3.05) is 18.0 Å². The maximum Gasteiger partial charge on any atom is 0.151 e. The molecule has 1 unspecified atom stereocenters. The highest BCUT2D eigenvalue weighted by atomic mass is 16.1. The molecule has 0 spiro atoms. The second-order valence-corrected chi connectivity index (χ2v) is 5.58. The maximum absolute atomic E-state index is 11.8. The van der Waals surface area contributed by atoms with Crippen LogP contribution in [0.15, 0.2) is 12.1 Å². The molecule has 0 radical (unpaired) electrons. The van der Waals surface area contributed by atoms with Gasteiger partial charge in [0.2, 0.25) is 0 Å². The Labute approximate surface area is 115 Å². The van der Waals surface area contributed by atoms with Crippen molar-refractivity contribution in [2.45, 2.75) is 46.0 Å². The number of ketones is 1. The van der Waals surface area contributed by atoms with E-state index in [1.165, 1.54) is 0 Å². The van der Waals surface area contributed by atoms with E-state index >= 15 is 0 Å². The average molecular weight is 261 g/mol. The zero-order valence-corrected chi connectivity index (χ0v) is 12.1. The summed E-state index contributed by atoms with van der Waals surface area (Å²) < 4.78 is 0.